The molecular weight excluding hydrogens is 399 g/mol. The van der Waals surface area contributed by atoms with Crippen molar-refractivity contribution >= 4 is 5.91 Å². The molecule has 2 heterocycles. The molecule has 0 spiro atoms. The fraction of sp³-hybridized carbons (Fsp3) is 0.333. The van der Waals surface area contributed by atoms with Crippen LogP contribution in [0.5, 0.6) is 11.5 Å². The SMILES string of the molecule is COc1ccc(Cc2cnc(C3CCCN(C(=O)COc4ccc(F)cc4)C3)o2)cc1. The number of ether oxygens (including phenoxy) is 2. The molecule has 1 fully saturated rings. The second-order valence-corrected chi connectivity index (χ2v) is 7.61. The van der Waals surface area contributed by atoms with Crippen LogP contribution in [0.3, 0.4) is 0 Å². The van der Waals surface area contributed by atoms with Crippen molar-refractivity contribution in [1.82, 2.24) is 9.88 Å². The first-order chi connectivity index (χ1) is 15.1. The number of hydrogen-bond donors (Lipinski definition) is 0. The summed E-state index contributed by atoms with van der Waals surface area (Å²) in [7, 11) is 1.64. The van der Waals surface area contributed by atoms with Gasteiger partial charge in [0.25, 0.3) is 5.91 Å². The van der Waals surface area contributed by atoms with Crippen LogP contribution in [0.1, 0.15) is 36.0 Å². The summed E-state index contributed by atoms with van der Waals surface area (Å²) >= 11 is 0. The molecule has 0 saturated carbocycles. The van der Waals surface area contributed by atoms with E-state index in [1.807, 2.05) is 24.3 Å². The standard InChI is InChI=1S/C24H25FN2O4/c1-29-20-8-4-17(5-9-20)13-22-14-26-24(31-22)18-3-2-12-27(15-18)23(28)16-30-21-10-6-19(25)7-11-21/h4-11,14,18H,2-3,12-13,15-16H2,1H3. The number of rotatable bonds is 7. The Morgan fingerprint density at radius 2 is 1.90 bits per heavy atom. The third kappa shape index (κ3) is 5.42. The second-order valence-electron chi connectivity index (χ2n) is 7.61. The van der Waals surface area contributed by atoms with Gasteiger partial charge in [-0.05, 0) is 54.8 Å². The first kappa shape index (κ1) is 20.9. The molecule has 0 N–H and O–H groups in total. The minimum absolute atomic E-state index is 0.0631. The van der Waals surface area contributed by atoms with Gasteiger partial charge in [-0.2, -0.15) is 0 Å². The summed E-state index contributed by atoms with van der Waals surface area (Å²) in [6, 6.07) is 13.5. The zero-order chi connectivity index (χ0) is 21.6. The Bertz CT molecular complexity index is 1000. The number of carbonyl (C=O) groups excluding carboxylic acids is 1. The summed E-state index contributed by atoms with van der Waals surface area (Å²) in [6.07, 6.45) is 4.21. The molecule has 4 rings (SSSR count). The van der Waals surface area contributed by atoms with Crippen LogP contribution < -0.4 is 9.47 Å². The number of halogens is 1. The molecule has 1 atom stereocenters. The third-order valence-corrected chi connectivity index (χ3v) is 5.41. The number of benzene rings is 2. The average molecular weight is 424 g/mol. The molecular formula is C24H25FN2O4. The van der Waals surface area contributed by atoms with E-state index in [1.54, 1.807) is 18.2 Å². The smallest absolute Gasteiger partial charge is 0.260 e. The summed E-state index contributed by atoms with van der Waals surface area (Å²) in [5.74, 6) is 2.38. The van der Waals surface area contributed by atoms with E-state index in [1.165, 1.54) is 24.3 Å². The molecule has 1 amide bonds. The van der Waals surface area contributed by atoms with Gasteiger partial charge in [0.2, 0.25) is 0 Å². The van der Waals surface area contributed by atoms with Gasteiger partial charge in [0.05, 0.1) is 19.2 Å². The Kier molecular flexibility index (Phi) is 6.50. The molecule has 0 aliphatic carbocycles. The lowest BCUT2D eigenvalue weighted by atomic mass is 9.98. The number of amides is 1. The van der Waals surface area contributed by atoms with Crippen molar-refractivity contribution in [2.75, 3.05) is 26.8 Å². The molecule has 7 heteroatoms. The normalized spacial score (nSPS) is 16.2. The number of oxazole rings is 1. The molecule has 1 aliphatic rings. The van der Waals surface area contributed by atoms with Crippen LogP contribution in [0.2, 0.25) is 0 Å². The number of aromatic nitrogens is 1. The van der Waals surface area contributed by atoms with Gasteiger partial charge in [0.1, 0.15) is 23.1 Å². The molecule has 1 saturated heterocycles. The monoisotopic (exact) mass is 424 g/mol. The van der Waals surface area contributed by atoms with Crippen LogP contribution >= 0.6 is 0 Å². The quantitative estimate of drug-likeness (QED) is 0.569. The lowest BCUT2D eigenvalue weighted by Gasteiger charge is -2.31. The summed E-state index contributed by atoms with van der Waals surface area (Å²) < 4.78 is 29.7. The van der Waals surface area contributed by atoms with Gasteiger partial charge in [-0.1, -0.05) is 12.1 Å². The molecule has 6 nitrogen and oxygen atoms in total. The van der Waals surface area contributed by atoms with E-state index in [9.17, 15) is 9.18 Å². The van der Waals surface area contributed by atoms with E-state index in [2.05, 4.69) is 4.98 Å². The topological polar surface area (TPSA) is 64.8 Å². The lowest BCUT2D eigenvalue weighted by molar-refractivity contribution is -0.134. The molecule has 1 aliphatic heterocycles. The van der Waals surface area contributed by atoms with E-state index < -0.39 is 0 Å². The predicted molar refractivity (Wildman–Crippen MR) is 113 cm³/mol. The fourth-order valence-corrected chi connectivity index (χ4v) is 3.71. The summed E-state index contributed by atoms with van der Waals surface area (Å²) in [5, 5.41) is 0. The van der Waals surface area contributed by atoms with Crippen molar-refractivity contribution in [3.05, 3.63) is 77.8 Å². The first-order valence-corrected chi connectivity index (χ1v) is 10.3. The van der Waals surface area contributed by atoms with Gasteiger partial charge in [0.15, 0.2) is 12.5 Å². The van der Waals surface area contributed by atoms with Gasteiger partial charge in [-0.15, -0.1) is 0 Å². The number of methoxy groups -OCH3 is 1. The Balaban J connectivity index is 1.32. The van der Waals surface area contributed by atoms with Crippen LogP contribution in [0.25, 0.3) is 0 Å². The Labute approximate surface area is 180 Å². The van der Waals surface area contributed by atoms with E-state index in [4.69, 9.17) is 13.9 Å². The van der Waals surface area contributed by atoms with Crippen molar-refractivity contribution in [2.45, 2.75) is 25.2 Å². The molecule has 1 aromatic heterocycles. The Morgan fingerprint density at radius 3 is 2.65 bits per heavy atom. The van der Waals surface area contributed by atoms with Gasteiger partial charge >= 0.3 is 0 Å². The van der Waals surface area contributed by atoms with E-state index in [0.717, 1.165) is 29.9 Å². The van der Waals surface area contributed by atoms with E-state index in [-0.39, 0.29) is 24.2 Å². The first-order valence-electron chi connectivity index (χ1n) is 10.3. The number of nitrogens with zero attached hydrogens (tertiary/aromatic N) is 2. The zero-order valence-electron chi connectivity index (χ0n) is 17.4. The second kappa shape index (κ2) is 9.64. The summed E-state index contributed by atoms with van der Waals surface area (Å²) in [4.78, 5) is 18.8. The molecule has 3 aromatic rings. The average Bonchev–Trinajstić information content (AvgIpc) is 3.27. The highest BCUT2D eigenvalue weighted by molar-refractivity contribution is 5.78. The van der Waals surface area contributed by atoms with Crippen molar-refractivity contribution in [1.29, 1.82) is 0 Å². The van der Waals surface area contributed by atoms with E-state index in [0.29, 0.717) is 31.2 Å². The highest BCUT2D eigenvalue weighted by Crippen LogP contribution is 2.27. The van der Waals surface area contributed by atoms with Crippen molar-refractivity contribution < 1.29 is 23.1 Å². The Hall–Kier alpha value is -3.35. The van der Waals surface area contributed by atoms with Gasteiger partial charge in [0, 0.05) is 19.5 Å². The van der Waals surface area contributed by atoms with Crippen molar-refractivity contribution in [2.24, 2.45) is 0 Å². The van der Waals surface area contributed by atoms with Gasteiger partial charge < -0.3 is 18.8 Å². The van der Waals surface area contributed by atoms with Crippen LogP contribution in [0.4, 0.5) is 4.39 Å². The number of carbonyl (C=O) groups is 1. The number of piperidine rings is 1. The van der Waals surface area contributed by atoms with Crippen LogP contribution in [0.15, 0.2) is 59.1 Å². The maximum atomic E-state index is 13.0. The zero-order valence-corrected chi connectivity index (χ0v) is 17.4. The predicted octanol–water partition coefficient (Wildman–Crippen LogP) is 4.20. The van der Waals surface area contributed by atoms with Gasteiger partial charge in [-0.25, -0.2) is 9.37 Å². The van der Waals surface area contributed by atoms with E-state index >= 15 is 0 Å². The highest BCUT2D eigenvalue weighted by Gasteiger charge is 2.28. The number of likely N-dealkylation sites (tertiary alicyclic amines) is 1. The summed E-state index contributed by atoms with van der Waals surface area (Å²) in [5.41, 5.74) is 1.11. The molecule has 1 unspecified atom stereocenters. The third-order valence-electron chi connectivity index (χ3n) is 5.41. The highest BCUT2D eigenvalue weighted by atomic mass is 19.1. The van der Waals surface area contributed by atoms with Crippen LogP contribution in [0, 0.1) is 5.82 Å². The minimum Gasteiger partial charge on any atom is -0.497 e. The number of hydrogen-bond acceptors (Lipinski definition) is 5. The maximum Gasteiger partial charge on any atom is 0.260 e. The minimum atomic E-state index is -0.338. The molecule has 0 bridgehead atoms. The maximum absolute atomic E-state index is 13.0. The molecule has 162 valence electrons. The van der Waals surface area contributed by atoms with Crippen molar-refractivity contribution in [3.63, 3.8) is 0 Å². The van der Waals surface area contributed by atoms with Crippen LogP contribution in [-0.4, -0.2) is 42.6 Å². The Morgan fingerprint density at radius 1 is 1.16 bits per heavy atom. The van der Waals surface area contributed by atoms with Crippen molar-refractivity contribution in [3.8, 4) is 11.5 Å². The summed E-state index contributed by atoms with van der Waals surface area (Å²) in [6.45, 7) is 1.16. The lowest BCUT2D eigenvalue weighted by Crippen LogP contribution is -2.41. The van der Waals surface area contributed by atoms with Gasteiger partial charge in [-0.3, -0.25) is 4.79 Å². The molecule has 0 radical (unpaired) electrons. The fourth-order valence-electron chi connectivity index (χ4n) is 3.71. The molecule has 2 aromatic carbocycles. The molecule has 31 heavy (non-hydrogen) atoms. The van der Waals surface area contributed by atoms with Crippen LogP contribution in [-0.2, 0) is 11.2 Å². The largest absolute Gasteiger partial charge is 0.497 e.